The molecule has 0 aromatic heterocycles. The van der Waals surface area contributed by atoms with Gasteiger partial charge in [-0.25, -0.2) is 0 Å². The normalized spacial score (nSPS) is 18.4. The predicted octanol–water partition coefficient (Wildman–Crippen LogP) is 2.38. The standard InChI is InChI=1S/C13H18O3/c1-15-11-5-4-6-12(9-11)16-10-13(14)7-2-3-8-13/h4-6,9,14H,2-3,7-8,10H2,1H3. The molecule has 0 heterocycles. The van der Waals surface area contributed by atoms with Crippen LogP contribution < -0.4 is 9.47 Å². The molecule has 1 N–H and O–H groups in total. The van der Waals surface area contributed by atoms with Gasteiger partial charge in [0, 0.05) is 6.07 Å². The van der Waals surface area contributed by atoms with Crippen molar-refractivity contribution in [3.63, 3.8) is 0 Å². The Balaban J connectivity index is 1.93. The van der Waals surface area contributed by atoms with E-state index in [1.54, 1.807) is 7.11 Å². The van der Waals surface area contributed by atoms with Crippen LogP contribution in [0.5, 0.6) is 11.5 Å². The van der Waals surface area contributed by atoms with Crippen molar-refractivity contribution in [1.82, 2.24) is 0 Å². The lowest BCUT2D eigenvalue weighted by molar-refractivity contribution is 0.00135. The van der Waals surface area contributed by atoms with Crippen LogP contribution in [0.1, 0.15) is 25.7 Å². The van der Waals surface area contributed by atoms with E-state index in [1.165, 1.54) is 0 Å². The van der Waals surface area contributed by atoms with Gasteiger partial charge >= 0.3 is 0 Å². The highest BCUT2D eigenvalue weighted by atomic mass is 16.5. The lowest BCUT2D eigenvalue weighted by Crippen LogP contribution is -2.32. The maximum Gasteiger partial charge on any atom is 0.123 e. The average molecular weight is 222 g/mol. The lowest BCUT2D eigenvalue weighted by Gasteiger charge is -2.22. The quantitative estimate of drug-likeness (QED) is 0.850. The highest BCUT2D eigenvalue weighted by Crippen LogP contribution is 2.30. The Labute approximate surface area is 96.0 Å². The van der Waals surface area contributed by atoms with E-state index < -0.39 is 5.60 Å². The van der Waals surface area contributed by atoms with Crippen LogP contribution in [0, 0.1) is 0 Å². The largest absolute Gasteiger partial charge is 0.497 e. The van der Waals surface area contributed by atoms with Crippen LogP contribution in [-0.4, -0.2) is 24.4 Å². The molecule has 88 valence electrons. The number of methoxy groups -OCH3 is 1. The molecule has 3 heteroatoms. The second kappa shape index (κ2) is 4.74. The summed E-state index contributed by atoms with van der Waals surface area (Å²) in [5.41, 5.74) is -0.622. The van der Waals surface area contributed by atoms with Gasteiger partial charge in [-0.3, -0.25) is 0 Å². The third-order valence-electron chi connectivity index (χ3n) is 3.08. The van der Waals surface area contributed by atoms with Crippen LogP contribution in [0.25, 0.3) is 0 Å². The first-order valence-corrected chi connectivity index (χ1v) is 5.71. The van der Waals surface area contributed by atoms with E-state index in [2.05, 4.69) is 0 Å². The molecular weight excluding hydrogens is 204 g/mol. The van der Waals surface area contributed by atoms with Gasteiger partial charge in [0.25, 0.3) is 0 Å². The SMILES string of the molecule is COc1cccc(OCC2(O)CCCC2)c1. The molecule has 1 aliphatic carbocycles. The molecular formula is C13H18O3. The van der Waals surface area contributed by atoms with E-state index in [0.717, 1.165) is 37.2 Å². The van der Waals surface area contributed by atoms with Crippen LogP contribution in [0.4, 0.5) is 0 Å². The van der Waals surface area contributed by atoms with E-state index in [-0.39, 0.29) is 0 Å². The molecule has 1 saturated carbocycles. The van der Waals surface area contributed by atoms with Crippen molar-refractivity contribution < 1.29 is 14.6 Å². The maximum atomic E-state index is 10.1. The number of hydrogen-bond acceptors (Lipinski definition) is 3. The van der Waals surface area contributed by atoms with Gasteiger partial charge in [0.1, 0.15) is 18.1 Å². The molecule has 1 fully saturated rings. The zero-order chi connectivity index (χ0) is 11.4. The molecule has 1 aromatic rings. The van der Waals surface area contributed by atoms with Crippen molar-refractivity contribution in [2.45, 2.75) is 31.3 Å². The topological polar surface area (TPSA) is 38.7 Å². The zero-order valence-electron chi connectivity index (χ0n) is 9.61. The molecule has 0 bridgehead atoms. The number of hydrogen-bond donors (Lipinski definition) is 1. The molecule has 0 aliphatic heterocycles. The van der Waals surface area contributed by atoms with Gasteiger partial charge in [-0.2, -0.15) is 0 Å². The van der Waals surface area contributed by atoms with Crippen molar-refractivity contribution in [1.29, 1.82) is 0 Å². The number of aliphatic hydroxyl groups is 1. The summed E-state index contributed by atoms with van der Waals surface area (Å²) in [4.78, 5) is 0. The van der Waals surface area contributed by atoms with Crippen molar-refractivity contribution >= 4 is 0 Å². The monoisotopic (exact) mass is 222 g/mol. The Kier molecular flexibility index (Phi) is 3.34. The average Bonchev–Trinajstić information content (AvgIpc) is 2.75. The summed E-state index contributed by atoms with van der Waals surface area (Å²) in [6, 6.07) is 7.46. The second-order valence-corrected chi connectivity index (χ2v) is 4.40. The molecule has 1 aromatic carbocycles. The smallest absolute Gasteiger partial charge is 0.123 e. The summed E-state index contributed by atoms with van der Waals surface area (Å²) < 4.78 is 10.7. The van der Waals surface area contributed by atoms with Crippen LogP contribution in [-0.2, 0) is 0 Å². The van der Waals surface area contributed by atoms with Gasteiger partial charge in [-0.15, -0.1) is 0 Å². The first kappa shape index (κ1) is 11.3. The van der Waals surface area contributed by atoms with Crippen LogP contribution in [0.2, 0.25) is 0 Å². The maximum absolute atomic E-state index is 10.1. The van der Waals surface area contributed by atoms with Crippen molar-refractivity contribution in [2.75, 3.05) is 13.7 Å². The van der Waals surface area contributed by atoms with Crippen molar-refractivity contribution in [3.05, 3.63) is 24.3 Å². The predicted molar refractivity (Wildman–Crippen MR) is 61.9 cm³/mol. The van der Waals surface area contributed by atoms with E-state index in [0.29, 0.717) is 6.61 Å². The third-order valence-corrected chi connectivity index (χ3v) is 3.08. The van der Waals surface area contributed by atoms with Crippen LogP contribution in [0.15, 0.2) is 24.3 Å². The minimum atomic E-state index is -0.622. The Morgan fingerprint density at radius 2 is 1.94 bits per heavy atom. The van der Waals surface area contributed by atoms with Gasteiger partial charge in [0.2, 0.25) is 0 Å². The second-order valence-electron chi connectivity index (χ2n) is 4.40. The van der Waals surface area contributed by atoms with Gasteiger partial charge in [0.15, 0.2) is 0 Å². The van der Waals surface area contributed by atoms with Crippen LogP contribution >= 0.6 is 0 Å². The third kappa shape index (κ3) is 2.67. The molecule has 3 nitrogen and oxygen atoms in total. The highest BCUT2D eigenvalue weighted by molar-refractivity contribution is 5.32. The lowest BCUT2D eigenvalue weighted by atomic mass is 10.0. The number of rotatable bonds is 4. The van der Waals surface area contributed by atoms with E-state index in [4.69, 9.17) is 9.47 Å². The first-order valence-electron chi connectivity index (χ1n) is 5.71. The van der Waals surface area contributed by atoms with E-state index in [9.17, 15) is 5.11 Å². The summed E-state index contributed by atoms with van der Waals surface area (Å²) in [7, 11) is 1.63. The molecule has 16 heavy (non-hydrogen) atoms. The molecule has 2 rings (SSSR count). The zero-order valence-corrected chi connectivity index (χ0v) is 9.61. The molecule has 0 amide bonds. The molecule has 1 aliphatic rings. The number of benzene rings is 1. The van der Waals surface area contributed by atoms with Gasteiger partial charge in [-0.1, -0.05) is 18.9 Å². The summed E-state index contributed by atoms with van der Waals surface area (Å²) >= 11 is 0. The Hall–Kier alpha value is -1.22. The molecule has 0 atom stereocenters. The fraction of sp³-hybridized carbons (Fsp3) is 0.538. The Morgan fingerprint density at radius 1 is 1.25 bits per heavy atom. The Morgan fingerprint density at radius 3 is 2.62 bits per heavy atom. The molecule has 0 unspecified atom stereocenters. The van der Waals surface area contributed by atoms with Gasteiger partial charge in [0.05, 0.1) is 12.7 Å². The van der Waals surface area contributed by atoms with E-state index >= 15 is 0 Å². The summed E-state index contributed by atoms with van der Waals surface area (Å²) in [6.07, 6.45) is 3.88. The van der Waals surface area contributed by atoms with Gasteiger partial charge < -0.3 is 14.6 Å². The minimum absolute atomic E-state index is 0.375. The van der Waals surface area contributed by atoms with Gasteiger partial charge in [-0.05, 0) is 25.0 Å². The fourth-order valence-electron chi connectivity index (χ4n) is 2.09. The fourth-order valence-corrected chi connectivity index (χ4v) is 2.09. The summed E-state index contributed by atoms with van der Waals surface area (Å²) in [6.45, 7) is 0.375. The first-order chi connectivity index (χ1) is 7.72. The summed E-state index contributed by atoms with van der Waals surface area (Å²) in [5, 5.41) is 10.1. The molecule has 0 spiro atoms. The Bertz CT molecular complexity index is 343. The molecule has 0 saturated heterocycles. The number of ether oxygens (including phenoxy) is 2. The van der Waals surface area contributed by atoms with Crippen LogP contribution in [0.3, 0.4) is 0 Å². The van der Waals surface area contributed by atoms with E-state index in [1.807, 2.05) is 24.3 Å². The van der Waals surface area contributed by atoms with Crippen molar-refractivity contribution in [3.8, 4) is 11.5 Å². The highest BCUT2D eigenvalue weighted by Gasteiger charge is 2.31. The molecule has 0 radical (unpaired) electrons. The summed E-state index contributed by atoms with van der Waals surface area (Å²) in [5.74, 6) is 1.52. The van der Waals surface area contributed by atoms with Crippen molar-refractivity contribution in [2.24, 2.45) is 0 Å². The minimum Gasteiger partial charge on any atom is -0.497 e.